The minimum Gasteiger partial charge on any atom is -0.350 e. The summed E-state index contributed by atoms with van der Waals surface area (Å²) in [4.78, 5) is 24.1. The number of nitrogens with one attached hydrogen (secondary N) is 1. The van der Waals surface area contributed by atoms with Crippen LogP contribution in [0.15, 0.2) is 35.1 Å². The Hall–Kier alpha value is -2.25. The molecule has 1 heterocycles. The summed E-state index contributed by atoms with van der Waals surface area (Å²) in [6, 6.07) is 7.23. The largest absolute Gasteiger partial charge is 0.350 e. The number of para-hydroxylation sites is 1. The third kappa shape index (κ3) is 4.62. The Morgan fingerprint density at radius 1 is 1.42 bits per heavy atom. The van der Waals surface area contributed by atoms with Gasteiger partial charge in [-0.3, -0.25) is 9.59 Å². The molecule has 0 aliphatic heterocycles. The second kappa shape index (κ2) is 8.56. The van der Waals surface area contributed by atoms with Crippen LogP contribution in [0.2, 0.25) is 0 Å². The summed E-state index contributed by atoms with van der Waals surface area (Å²) in [6.45, 7) is 3.78. The summed E-state index contributed by atoms with van der Waals surface area (Å²) in [5.41, 5.74) is 5.44. The second-order valence-corrected chi connectivity index (χ2v) is 5.38. The van der Waals surface area contributed by atoms with Gasteiger partial charge in [-0.05, 0) is 32.4 Å². The first-order chi connectivity index (χ1) is 10.9. The Kier molecular flexibility index (Phi) is 7.06. The van der Waals surface area contributed by atoms with Crippen LogP contribution in [0.3, 0.4) is 0 Å². The molecular formula is C16H20ClFN4O2. The quantitative estimate of drug-likeness (QED) is 0.852. The monoisotopic (exact) mass is 354 g/mol. The van der Waals surface area contributed by atoms with E-state index in [0.717, 1.165) is 0 Å². The molecule has 8 heteroatoms. The van der Waals surface area contributed by atoms with Crippen LogP contribution in [0.1, 0.15) is 29.5 Å². The lowest BCUT2D eigenvalue weighted by atomic mass is 10.2. The molecule has 2 rings (SSSR count). The van der Waals surface area contributed by atoms with Crippen LogP contribution in [-0.4, -0.2) is 28.3 Å². The molecule has 0 bridgehead atoms. The molecule has 0 aliphatic rings. The van der Waals surface area contributed by atoms with E-state index in [1.54, 1.807) is 19.1 Å². The topological polar surface area (TPSA) is 90.0 Å². The van der Waals surface area contributed by atoms with Crippen LogP contribution in [0.25, 0.3) is 5.69 Å². The highest BCUT2D eigenvalue weighted by atomic mass is 35.5. The molecule has 6 nitrogen and oxygen atoms in total. The Balaban J connectivity index is 0.00000288. The summed E-state index contributed by atoms with van der Waals surface area (Å²) in [6.07, 6.45) is 0.582. The van der Waals surface area contributed by atoms with E-state index in [1.807, 2.05) is 6.92 Å². The van der Waals surface area contributed by atoms with E-state index in [2.05, 4.69) is 10.4 Å². The molecule has 0 aliphatic carbocycles. The first-order valence-electron chi connectivity index (χ1n) is 7.30. The number of halogens is 2. The molecule has 1 amide bonds. The van der Waals surface area contributed by atoms with E-state index >= 15 is 0 Å². The van der Waals surface area contributed by atoms with E-state index in [4.69, 9.17) is 5.73 Å². The maximum atomic E-state index is 13.9. The van der Waals surface area contributed by atoms with Crippen molar-refractivity contribution in [3.05, 3.63) is 57.8 Å². The van der Waals surface area contributed by atoms with Crippen molar-refractivity contribution < 1.29 is 9.18 Å². The molecule has 0 fully saturated rings. The molecule has 130 valence electrons. The number of aromatic nitrogens is 2. The van der Waals surface area contributed by atoms with Crippen molar-refractivity contribution in [2.24, 2.45) is 5.73 Å². The third-order valence-corrected chi connectivity index (χ3v) is 3.29. The van der Waals surface area contributed by atoms with Gasteiger partial charge in [-0.2, -0.15) is 5.10 Å². The lowest BCUT2D eigenvalue weighted by Gasteiger charge is -2.12. The molecule has 1 atom stereocenters. The molecule has 1 aromatic heterocycles. The maximum Gasteiger partial charge on any atom is 0.275 e. The zero-order valence-corrected chi connectivity index (χ0v) is 14.3. The van der Waals surface area contributed by atoms with Gasteiger partial charge in [-0.25, -0.2) is 9.07 Å². The van der Waals surface area contributed by atoms with Crippen LogP contribution in [0, 0.1) is 12.7 Å². The number of hydrogen-bond acceptors (Lipinski definition) is 4. The van der Waals surface area contributed by atoms with Gasteiger partial charge in [0.1, 0.15) is 11.5 Å². The normalized spacial score (nSPS) is 11.5. The van der Waals surface area contributed by atoms with Gasteiger partial charge in [0.05, 0.1) is 0 Å². The van der Waals surface area contributed by atoms with Gasteiger partial charge in [0, 0.05) is 24.3 Å². The van der Waals surface area contributed by atoms with Gasteiger partial charge in [-0.1, -0.05) is 12.1 Å². The summed E-state index contributed by atoms with van der Waals surface area (Å²) in [7, 11) is 0. The van der Waals surface area contributed by atoms with Gasteiger partial charge in [0.25, 0.3) is 5.91 Å². The first-order valence-corrected chi connectivity index (χ1v) is 7.30. The molecule has 2 aromatic rings. The van der Waals surface area contributed by atoms with E-state index in [-0.39, 0.29) is 29.8 Å². The molecule has 3 N–H and O–H groups in total. The molecule has 0 spiro atoms. The zero-order chi connectivity index (χ0) is 17.0. The number of aryl methyl sites for hydroxylation is 1. The first kappa shape index (κ1) is 19.8. The van der Waals surface area contributed by atoms with Crippen LogP contribution in [0.5, 0.6) is 0 Å². The number of nitrogens with two attached hydrogens (primary N) is 1. The summed E-state index contributed by atoms with van der Waals surface area (Å²) in [5.74, 6) is -1.09. The van der Waals surface area contributed by atoms with E-state index in [9.17, 15) is 14.0 Å². The van der Waals surface area contributed by atoms with Gasteiger partial charge in [0.15, 0.2) is 5.69 Å². The summed E-state index contributed by atoms with van der Waals surface area (Å²) in [5, 5.41) is 6.62. The van der Waals surface area contributed by atoms with Crippen molar-refractivity contribution >= 4 is 18.3 Å². The van der Waals surface area contributed by atoms with Crippen LogP contribution in [-0.2, 0) is 0 Å². The van der Waals surface area contributed by atoms with Crippen molar-refractivity contribution in [3.63, 3.8) is 0 Å². The van der Waals surface area contributed by atoms with Gasteiger partial charge < -0.3 is 11.1 Å². The fourth-order valence-corrected chi connectivity index (χ4v) is 2.07. The third-order valence-electron chi connectivity index (χ3n) is 3.29. The highest BCUT2D eigenvalue weighted by Gasteiger charge is 2.16. The molecule has 0 saturated heterocycles. The molecule has 1 aromatic carbocycles. The second-order valence-electron chi connectivity index (χ2n) is 5.38. The van der Waals surface area contributed by atoms with Crippen LogP contribution < -0.4 is 16.5 Å². The minimum atomic E-state index is -0.597. The lowest BCUT2D eigenvalue weighted by Crippen LogP contribution is -2.34. The number of amides is 1. The van der Waals surface area contributed by atoms with Crippen molar-refractivity contribution in [2.75, 3.05) is 6.54 Å². The minimum absolute atomic E-state index is 0. The fourth-order valence-electron chi connectivity index (χ4n) is 2.07. The predicted molar refractivity (Wildman–Crippen MR) is 92.4 cm³/mol. The smallest absolute Gasteiger partial charge is 0.275 e. The van der Waals surface area contributed by atoms with E-state index in [0.29, 0.717) is 18.7 Å². The lowest BCUT2D eigenvalue weighted by molar-refractivity contribution is 0.0944. The van der Waals surface area contributed by atoms with E-state index < -0.39 is 17.2 Å². The maximum absolute atomic E-state index is 13.9. The Morgan fingerprint density at radius 2 is 2.08 bits per heavy atom. The van der Waals surface area contributed by atoms with Crippen molar-refractivity contribution in [2.45, 2.75) is 26.3 Å². The molecule has 1 unspecified atom stereocenters. The van der Waals surface area contributed by atoms with Crippen molar-refractivity contribution in [1.82, 2.24) is 15.1 Å². The summed E-state index contributed by atoms with van der Waals surface area (Å²) < 4.78 is 15.2. The molecule has 0 radical (unpaired) electrons. The molecule has 24 heavy (non-hydrogen) atoms. The Bertz CT molecular complexity index is 777. The number of hydrogen-bond donors (Lipinski definition) is 2. The number of benzene rings is 1. The number of nitrogens with zero attached hydrogens (tertiary/aromatic N) is 2. The SMILES string of the molecule is Cc1cc(=O)c(C(=O)NCCC(C)N)nn1-c1ccccc1F.Cl. The van der Waals surface area contributed by atoms with Gasteiger partial charge in [0.2, 0.25) is 5.43 Å². The fraction of sp³-hybridized carbons (Fsp3) is 0.312. The Labute approximate surface area is 145 Å². The predicted octanol–water partition coefficient (Wildman–Crippen LogP) is 1.57. The molecule has 0 saturated carbocycles. The van der Waals surface area contributed by atoms with Crippen molar-refractivity contribution in [1.29, 1.82) is 0 Å². The van der Waals surface area contributed by atoms with Crippen LogP contribution in [0.4, 0.5) is 4.39 Å². The Morgan fingerprint density at radius 3 is 2.71 bits per heavy atom. The summed E-state index contributed by atoms with van der Waals surface area (Å²) >= 11 is 0. The number of rotatable bonds is 5. The number of carbonyl (C=O) groups excluding carboxylic acids is 1. The average molecular weight is 355 g/mol. The highest BCUT2D eigenvalue weighted by Crippen LogP contribution is 2.12. The highest BCUT2D eigenvalue weighted by molar-refractivity contribution is 5.92. The number of carbonyl (C=O) groups is 1. The standard InChI is InChI=1S/C16H19FN4O2.ClH/c1-10(18)7-8-19-16(23)15-14(22)9-11(2)21(20-15)13-6-4-3-5-12(13)17;/h3-6,9-10H,7-8,18H2,1-2H3,(H,19,23);1H. The zero-order valence-electron chi connectivity index (χ0n) is 13.5. The molecular weight excluding hydrogens is 335 g/mol. The van der Waals surface area contributed by atoms with Gasteiger partial charge in [-0.15, -0.1) is 12.4 Å². The van der Waals surface area contributed by atoms with Crippen molar-refractivity contribution in [3.8, 4) is 5.69 Å². The van der Waals surface area contributed by atoms with E-state index in [1.165, 1.54) is 22.9 Å². The van der Waals surface area contributed by atoms with Gasteiger partial charge >= 0.3 is 0 Å². The average Bonchev–Trinajstić information content (AvgIpc) is 2.48. The van der Waals surface area contributed by atoms with Crippen LogP contribution >= 0.6 is 12.4 Å².